The summed E-state index contributed by atoms with van der Waals surface area (Å²) >= 11 is 0. The van der Waals surface area contributed by atoms with Crippen molar-refractivity contribution in [3.8, 4) is 0 Å². The van der Waals surface area contributed by atoms with Gasteiger partial charge in [0.15, 0.2) is 0 Å². The Morgan fingerprint density at radius 1 is 1.11 bits per heavy atom. The second kappa shape index (κ2) is 7.09. The minimum absolute atomic E-state index is 0.346. The number of rotatable bonds is 6. The zero-order valence-electron chi connectivity index (χ0n) is 13.6. The van der Waals surface area contributed by atoms with Crippen LogP contribution in [0.4, 0.5) is 0 Å². The zero-order valence-corrected chi connectivity index (χ0v) is 13.6. The highest BCUT2D eigenvalue weighted by Crippen LogP contribution is 2.23. The highest BCUT2D eigenvalue weighted by molar-refractivity contribution is 5.29. The molecule has 1 aromatic carbocycles. The van der Waals surface area contributed by atoms with Crippen molar-refractivity contribution in [1.29, 1.82) is 0 Å². The molecule has 0 radical (unpaired) electrons. The van der Waals surface area contributed by atoms with Gasteiger partial charge in [0.1, 0.15) is 0 Å². The molecule has 1 N–H and O–H groups in total. The first kappa shape index (κ1) is 16.2. The Labute approximate surface area is 119 Å². The second-order valence-electron chi connectivity index (χ2n) is 6.79. The summed E-state index contributed by atoms with van der Waals surface area (Å²) in [5.41, 5.74) is 4.63. The SMILES string of the molecule is CCNC(CCCc1ccc(C)c(C)c1)C(C)(C)C. The van der Waals surface area contributed by atoms with E-state index in [-0.39, 0.29) is 0 Å². The van der Waals surface area contributed by atoms with Gasteiger partial charge in [-0.1, -0.05) is 45.9 Å². The van der Waals surface area contributed by atoms with Crippen molar-refractivity contribution < 1.29 is 0 Å². The van der Waals surface area contributed by atoms with Crippen LogP contribution in [0.5, 0.6) is 0 Å². The van der Waals surface area contributed by atoms with Gasteiger partial charge in [0.05, 0.1) is 0 Å². The lowest BCUT2D eigenvalue weighted by atomic mass is 9.83. The highest BCUT2D eigenvalue weighted by Gasteiger charge is 2.22. The minimum atomic E-state index is 0.346. The van der Waals surface area contributed by atoms with Crippen LogP contribution in [0.25, 0.3) is 0 Å². The molecule has 0 aliphatic heterocycles. The number of hydrogen-bond donors (Lipinski definition) is 1. The van der Waals surface area contributed by atoms with E-state index in [0.29, 0.717) is 11.5 Å². The van der Waals surface area contributed by atoms with E-state index in [2.05, 4.69) is 65.1 Å². The maximum atomic E-state index is 3.63. The van der Waals surface area contributed by atoms with Crippen LogP contribution >= 0.6 is 0 Å². The van der Waals surface area contributed by atoms with Crippen LogP contribution in [0.15, 0.2) is 18.2 Å². The van der Waals surface area contributed by atoms with Crippen LogP contribution < -0.4 is 5.32 Å². The van der Waals surface area contributed by atoms with Gasteiger partial charge in [-0.3, -0.25) is 0 Å². The fourth-order valence-corrected chi connectivity index (χ4v) is 2.56. The van der Waals surface area contributed by atoms with E-state index < -0.39 is 0 Å². The van der Waals surface area contributed by atoms with Gasteiger partial charge < -0.3 is 5.32 Å². The quantitative estimate of drug-likeness (QED) is 0.786. The molecule has 108 valence electrons. The van der Waals surface area contributed by atoms with Crippen LogP contribution in [-0.4, -0.2) is 12.6 Å². The van der Waals surface area contributed by atoms with E-state index >= 15 is 0 Å². The Bertz CT molecular complexity index is 387. The monoisotopic (exact) mass is 261 g/mol. The van der Waals surface area contributed by atoms with Crippen LogP contribution in [0.1, 0.15) is 57.2 Å². The number of nitrogens with one attached hydrogen (secondary N) is 1. The fourth-order valence-electron chi connectivity index (χ4n) is 2.56. The number of benzene rings is 1. The predicted octanol–water partition coefficient (Wildman–Crippen LogP) is 4.65. The summed E-state index contributed by atoms with van der Waals surface area (Å²) in [4.78, 5) is 0. The molecule has 1 atom stereocenters. The second-order valence-corrected chi connectivity index (χ2v) is 6.79. The molecule has 0 aliphatic rings. The molecule has 0 heterocycles. The molecule has 0 saturated heterocycles. The van der Waals surface area contributed by atoms with Crippen LogP contribution in [-0.2, 0) is 6.42 Å². The average Bonchev–Trinajstić information content (AvgIpc) is 2.31. The van der Waals surface area contributed by atoms with Crippen molar-refractivity contribution in [1.82, 2.24) is 5.32 Å². The first-order valence-corrected chi connectivity index (χ1v) is 7.64. The summed E-state index contributed by atoms with van der Waals surface area (Å²) in [5.74, 6) is 0. The lowest BCUT2D eigenvalue weighted by Gasteiger charge is -2.31. The van der Waals surface area contributed by atoms with E-state index in [1.165, 1.54) is 36.0 Å². The van der Waals surface area contributed by atoms with Crippen LogP contribution in [0.3, 0.4) is 0 Å². The molecule has 0 spiro atoms. The van der Waals surface area contributed by atoms with E-state index in [1.807, 2.05) is 0 Å². The summed E-state index contributed by atoms with van der Waals surface area (Å²) < 4.78 is 0. The van der Waals surface area contributed by atoms with Crippen molar-refractivity contribution in [2.75, 3.05) is 6.54 Å². The summed E-state index contributed by atoms with van der Waals surface area (Å²) in [5, 5.41) is 3.63. The molecule has 1 aromatic rings. The molecule has 0 bridgehead atoms. The van der Waals surface area contributed by atoms with Crippen molar-refractivity contribution in [3.05, 3.63) is 34.9 Å². The standard InChI is InChI=1S/C18H31N/c1-7-19-17(18(4,5)6)10-8-9-16-12-11-14(2)15(3)13-16/h11-13,17,19H,7-10H2,1-6H3. The lowest BCUT2D eigenvalue weighted by Crippen LogP contribution is -2.40. The Balaban J connectivity index is 2.49. The van der Waals surface area contributed by atoms with Crippen molar-refractivity contribution in [2.24, 2.45) is 5.41 Å². The average molecular weight is 261 g/mol. The van der Waals surface area contributed by atoms with Gasteiger partial charge in [0, 0.05) is 6.04 Å². The first-order valence-electron chi connectivity index (χ1n) is 7.64. The Kier molecular flexibility index (Phi) is 6.06. The summed E-state index contributed by atoms with van der Waals surface area (Å²) in [6, 6.07) is 7.48. The predicted molar refractivity (Wildman–Crippen MR) is 85.8 cm³/mol. The fraction of sp³-hybridized carbons (Fsp3) is 0.667. The van der Waals surface area contributed by atoms with Gasteiger partial charge in [-0.2, -0.15) is 0 Å². The molecule has 0 fully saturated rings. The van der Waals surface area contributed by atoms with Gasteiger partial charge in [0.25, 0.3) is 0 Å². The number of hydrogen-bond acceptors (Lipinski definition) is 1. The lowest BCUT2D eigenvalue weighted by molar-refractivity contribution is 0.254. The minimum Gasteiger partial charge on any atom is -0.314 e. The van der Waals surface area contributed by atoms with Gasteiger partial charge >= 0.3 is 0 Å². The Morgan fingerprint density at radius 3 is 2.32 bits per heavy atom. The molecule has 0 aromatic heterocycles. The maximum Gasteiger partial charge on any atom is 0.0116 e. The van der Waals surface area contributed by atoms with E-state index in [1.54, 1.807) is 0 Å². The molecule has 0 amide bonds. The summed E-state index contributed by atoms with van der Waals surface area (Å²) in [7, 11) is 0. The first-order chi connectivity index (χ1) is 8.84. The normalized spacial score (nSPS) is 13.6. The molecular weight excluding hydrogens is 230 g/mol. The van der Waals surface area contributed by atoms with Crippen LogP contribution in [0, 0.1) is 19.3 Å². The Morgan fingerprint density at radius 2 is 1.79 bits per heavy atom. The molecule has 0 saturated carbocycles. The third kappa shape index (κ3) is 5.36. The van der Waals surface area contributed by atoms with Crippen molar-refractivity contribution in [2.45, 2.75) is 66.8 Å². The van der Waals surface area contributed by atoms with E-state index in [0.717, 1.165) is 6.54 Å². The third-order valence-electron chi connectivity index (χ3n) is 4.03. The molecule has 1 unspecified atom stereocenters. The summed E-state index contributed by atoms with van der Waals surface area (Å²) in [6.45, 7) is 14.6. The van der Waals surface area contributed by atoms with Gasteiger partial charge in [-0.05, 0) is 61.8 Å². The number of aryl methyl sites for hydroxylation is 3. The molecule has 1 nitrogen and oxygen atoms in total. The molecule has 1 rings (SSSR count). The Hall–Kier alpha value is -0.820. The molecule has 1 heteroatoms. The molecular formula is C18H31N. The van der Waals surface area contributed by atoms with E-state index in [4.69, 9.17) is 0 Å². The highest BCUT2D eigenvalue weighted by atomic mass is 14.9. The topological polar surface area (TPSA) is 12.0 Å². The summed E-state index contributed by atoms with van der Waals surface area (Å²) in [6.07, 6.45) is 3.71. The van der Waals surface area contributed by atoms with Gasteiger partial charge in [-0.15, -0.1) is 0 Å². The maximum absolute atomic E-state index is 3.63. The molecule has 19 heavy (non-hydrogen) atoms. The molecule has 0 aliphatic carbocycles. The van der Waals surface area contributed by atoms with Crippen molar-refractivity contribution in [3.63, 3.8) is 0 Å². The zero-order chi connectivity index (χ0) is 14.5. The van der Waals surface area contributed by atoms with Crippen LogP contribution in [0.2, 0.25) is 0 Å². The smallest absolute Gasteiger partial charge is 0.0116 e. The van der Waals surface area contributed by atoms with Crippen molar-refractivity contribution >= 4 is 0 Å². The third-order valence-corrected chi connectivity index (χ3v) is 4.03. The largest absolute Gasteiger partial charge is 0.314 e. The van der Waals surface area contributed by atoms with Gasteiger partial charge in [0.2, 0.25) is 0 Å². The van der Waals surface area contributed by atoms with Gasteiger partial charge in [-0.25, -0.2) is 0 Å². The van der Waals surface area contributed by atoms with E-state index in [9.17, 15) is 0 Å².